The highest BCUT2D eigenvalue weighted by Gasteiger charge is 2.15. The zero-order valence-electron chi connectivity index (χ0n) is 12.3. The molecule has 3 heterocycles. The largest absolute Gasteiger partial charge is 0.353 e. The van der Waals surface area contributed by atoms with Gasteiger partial charge in [0.15, 0.2) is 5.65 Å². The summed E-state index contributed by atoms with van der Waals surface area (Å²) in [6.45, 7) is 8.94. The maximum atomic E-state index is 4.50. The highest BCUT2D eigenvalue weighted by atomic mass is 15.3. The molecule has 1 N–H and O–H groups in total. The Balaban J connectivity index is 1.57. The molecule has 0 bridgehead atoms. The second kappa shape index (κ2) is 5.79. The number of likely N-dealkylation sites (tertiary alicyclic amines) is 1. The van der Waals surface area contributed by atoms with Gasteiger partial charge in [0.05, 0.1) is 0 Å². The molecule has 3 rings (SSSR count). The molecule has 2 aromatic rings. The van der Waals surface area contributed by atoms with E-state index in [1.807, 2.05) is 29.6 Å². The van der Waals surface area contributed by atoms with E-state index in [2.05, 4.69) is 27.2 Å². The van der Waals surface area contributed by atoms with Gasteiger partial charge in [-0.15, -0.1) is 5.10 Å². The minimum atomic E-state index is 0.612. The van der Waals surface area contributed by atoms with Crippen molar-refractivity contribution in [1.82, 2.24) is 19.5 Å². The molecule has 0 aliphatic carbocycles. The van der Waals surface area contributed by atoms with Crippen molar-refractivity contribution in [2.75, 3.05) is 31.5 Å². The van der Waals surface area contributed by atoms with Crippen molar-refractivity contribution in [2.24, 2.45) is 5.92 Å². The lowest BCUT2D eigenvalue weighted by Gasteiger charge is -2.20. The predicted molar refractivity (Wildman–Crippen MR) is 81.1 cm³/mol. The molecule has 1 fully saturated rings. The molecule has 20 heavy (non-hydrogen) atoms. The normalized spacial score (nSPS) is 17.7. The van der Waals surface area contributed by atoms with Crippen molar-refractivity contribution in [3.63, 3.8) is 0 Å². The van der Waals surface area contributed by atoms with E-state index >= 15 is 0 Å². The van der Waals surface area contributed by atoms with Crippen LogP contribution >= 0.6 is 0 Å². The standard InChI is InChI=1S/C15H23N5/c1-12(11-19-8-3-4-9-19)10-16-15-17-14-7-5-6-13(2)20(14)18-15/h5-7,12H,3-4,8-11H2,1-2H3,(H,16,18). The molecule has 1 atom stereocenters. The molecule has 1 unspecified atom stereocenters. The molecule has 0 aromatic carbocycles. The van der Waals surface area contributed by atoms with E-state index in [0.29, 0.717) is 5.92 Å². The predicted octanol–water partition coefficient (Wildman–Crippen LogP) is 2.18. The van der Waals surface area contributed by atoms with Crippen LogP contribution in [-0.4, -0.2) is 45.7 Å². The molecule has 1 aliphatic heterocycles. The van der Waals surface area contributed by atoms with Crippen LogP contribution in [0.25, 0.3) is 5.65 Å². The van der Waals surface area contributed by atoms with E-state index in [1.54, 1.807) is 0 Å². The molecular formula is C15H23N5. The van der Waals surface area contributed by atoms with Crippen LogP contribution in [0.1, 0.15) is 25.5 Å². The smallest absolute Gasteiger partial charge is 0.243 e. The van der Waals surface area contributed by atoms with Crippen molar-refractivity contribution < 1.29 is 0 Å². The highest BCUT2D eigenvalue weighted by Crippen LogP contribution is 2.12. The zero-order chi connectivity index (χ0) is 13.9. The minimum absolute atomic E-state index is 0.612. The van der Waals surface area contributed by atoms with Gasteiger partial charge in [0, 0.05) is 18.8 Å². The summed E-state index contributed by atoms with van der Waals surface area (Å²) in [4.78, 5) is 7.05. The second-order valence-corrected chi connectivity index (χ2v) is 5.87. The monoisotopic (exact) mass is 273 g/mol. The van der Waals surface area contributed by atoms with Crippen LogP contribution in [0.2, 0.25) is 0 Å². The summed E-state index contributed by atoms with van der Waals surface area (Å²) in [5.74, 6) is 1.34. The molecule has 1 aliphatic rings. The van der Waals surface area contributed by atoms with E-state index in [4.69, 9.17) is 0 Å². The highest BCUT2D eigenvalue weighted by molar-refractivity contribution is 5.44. The third kappa shape index (κ3) is 2.93. The van der Waals surface area contributed by atoms with Gasteiger partial charge in [-0.25, -0.2) is 4.52 Å². The van der Waals surface area contributed by atoms with Gasteiger partial charge in [0.25, 0.3) is 0 Å². The molecule has 0 spiro atoms. The van der Waals surface area contributed by atoms with Crippen molar-refractivity contribution in [3.05, 3.63) is 23.9 Å². The molecule has 0 saturated carbocycles. The second-order valence-electron chi connectivity index (χ2n) is 5.87. The summed E-state index contributed by atoms with van der Waals surface area (Å²) in [6, 6.07) is 6.04. The van der Waals surface area contributed by atoms with E-state index < -0.39 is 0 Å². The SMILES string of the molecule is Cc1cccc2nc(NCC(C)CN3CCCC3)nn12. The molecule has 0 radical (unpaired) electrons. The first kappa shape index (κ1) is 13.4. The Bertz CT molecular complexity index is 571. The van der Waals surface area contributed by atoms with Crippen molar-refractivity contribution in [3.8, 4) is 0 Å². The lowest BCUT2D eigenvalue weighted by molar-refractivity contribution is 0.294. The van der Waals surface area contributed by atoms with E-state index in [9.17, 15) is 0 Å². The first-order valence-electron chi connectivity index (χ1n) is 7.51. The Hall–Kier alpha value is -1.62. The van der Waals surface area contributed by atoms with Crippen LogP contribution in [0.15, 0.2) is 18.2 Å². The van der Waals surface area contributed by atoms with Gasteiger partial charge < -0.3 is 10.2 Å². The molecule has 1 saturated heterocycles. The van der Waals surface area contributed by atoms with Crippen LogP contribution < -0.4 is 5.32 Å². The van der Waals surface area contributed by atoms with Crippen LogP contribution in [-0.2, 0) is 0 Å². The lowest BCUT2D eigenvalue weighted by Crippen LogP contribution is -2.29. The van der Waals surface area contributed by atoms with E-state index in [1.165, 1.54) is 32.5 Å². The summed E-state index contributed by atoms with van der Waals surface area (Å²) in [5.41, 5.74) is 2.01. The number of nitrogens with one attached hydrogen (secondary N) is 1. The number of fused-ring (bicyclic) bond motifs is 1. The first-order chi connectivity index (χ1) is 9.72. The van der Waals surface area contributed by atoms with Crippen molar-refractivity contribution in [1.29, 1.82) is 0 Å². The van der Waals surface area contributed by atoms with E-state index in [-0.39, 0.29) is 0 Å². The molecule has 2 aromatic heterocycles. The van der Waals surface area contributed by atoms with Gasteiger partial charge in [0.1, 0.15) is 0 Å². The van der Waals surface area contributed by atoms with E-state index in [0.717, 1.165) is 23.8 Å². The average molecular weight is 273 g/mol. The fourth-order valence-electron chi connectivity index (χ4n) is 2.85. The Labute approximate surface area is 120 Å². The zero-order valence-corrected chi connectivity index (χ0v) is 12.3. The summed E-state index contributed by atoms with van der Waals surface area (Å²) in [6.07, 6.45) is 2.71. The average Bonchev–Trinajstić information content (AvgIpc) is 3.06. The fourth-order valence-corrected chi connectivity index (χ4v) is 2.85. The van der Waals surface area contributed by atoms with Crippen molar-refractivity contribution in [2.45, 2.75) is 26.7 Å². The number of pyridine rings is 1. The van der Waals surface area contributed by atoms with Gasteiger partial charge >= 0.3 is 0 Å². The third-order valence-electron chi connectivity index (χ3n) is 3.93. The van der Waals surface area contributed by atoms with Gasteiger partial charge in [-0.1, -0.05) is 13.0 Å². The molecule has 5 nitrogen and oxygen atoms in total. The summed E-state index contributed by atoms with van der Waals surface area (Å²) in [7, 11) is 0. The van der Waals surface area contributed by atoms with Gasteiger partial charge in [0.2, 0.25) is 5.95 Å². The van der Waals surface area contributed by atoms with Crippen LogP contribution in [0.5, 0.6) is 0 Å². The topological polar surface area (TPSA) is 45.5 Å². The Morgan fingerprint density at radius 3 is 2.85 bits per heavy atom. The summed E-state index contributed by atoms with van der Waals surface area (Å²) in [5, 5.41) is 7.86. The molecule has 108 valence electrons. The minimum Gasteiger partial charge on any atom is -0.353 e. The van der Waals surface area contributed by atoms with Gasteiger partial charge in [-0.2, -0.15) is 4.98 Å². The van der Waals surface area contributed by atoms with Crippen LogP contribution in [0.3, 0.4) is 0 Å². The number of hydrogen-bond donors (Lipinski definition) is 1. The molecule has 5 heteroatoms. The van der Waals surface area contributed by atoms with Gasteiger partial charge in [-0.05, 0) is 50.9 Å². The van der Waals surface area contributed by atoms with Crippen LogP contribution in [0.4, 0.5) is 5.95 Å². The Kier molecular flexibility index (Phi) is 3.87. The number of rotatable bonds is 5. The quantitative estimate of drug-likeness (QED) is 0.907. The van der Waals surface area contributed by atoms with Gasteiger partial charge in [-0.3, -0.25) is 0 Å². The molecular weight excluding hydrogens is 250 g/mol. The number of hydrogen-bond acceptors (Lipinski definition) is 4. The third-order valence-corrected chi connectivity index (χ3v) is 3.93. The Morgan fingerprint density at radius 2 is 2.10 bits per heavy atom. The van der Waals surface area contributed by atoms with Crippen LogP contribution in [0, 0.1) is 12.8 Å². The number of nitrogens with zero attached hydrogens (tertiary/aromatic N) is 4. The maximum absolute atomic E-state index is 4.50. The first-order valence-corrected chi connectivity index (χ1v) is 7.51. The summed E-state index contributed by atoms with van der Waals surface area (Å²) >= 11 is 0. The summed E-state index contributed by atoms with van der Waals surface area (Å²) < 4.78 is 1.88. The number of aryl methyl sites for hydroxylation is 1. The number of aromatic nitrogens is 3. The fraction of sp³-hybridized carbons (Fsp3) is 0.600. The maximum Gasteiger partial charge on any atom is 0.243 e. The Morgan fingerprint density at radius 1 is 1.30 bits per heavy atom. The lowest BCUT2D eigenvalue weighted by atomic mass is 10.1. The molecule has 0 amide bonds. The number of anilines is 1. The van der Waals surface area contributed by atoms with Crippen molar-refractivity contribution >= 4 is 11.6 Å².